The van der Waals surface area contributed by atoms with Crippen molar-refractivity contribution < 1.29 is 19.4 Å². The molecule has 0 bridgehead atoms. The Morgan fingerprint density at radius 3 is 2.38 bits per heavy atom. The first-order chi connectivity index (χ1) is 13.7. The number of hydrogen-bond acceptors (Lipinski definition) is 4. The molecule has 0 aromatic heterocycles. The summed E-state index contributed by atoms with van der Waals surface area (Å²) < 4.78 is 11.6. The Balaban J connectivity index is 1.72. The molecule has 5 nitrogen and oxygen atoms in total. The molecule has 2 aromatic rings. The van der Waals surface area contributed by atoms with E-state index >= 15 is 0 Å². The second-order valence-corrected chi connectivity index (χ2v) is 8.77. The maximum absolute atomic E-state index is 12.3. The van der Waals surface area contributed by atoms with Crippen LogP contribution in [0.4, 0.5) is 4.79 Å². The van der Waals surface area contributed by atoms with Crippen molar-refractivity contribution in [3.05, 3.63) is 65.2 Å². The molecule has 3 rings (SSSR count). The van der Waals surface area contributed by atoms with E-state index in [-0.39, 0.29) is 6.09 Å². The van der Waals surface area contributed by atoms with Gasteiger partial charge in [0.15, 0.2) is 0 Å². The van der Waals surface area contributed by atoms with Crippen LogP contribution in [0, 0.1) is 6.92 Å². The minimum absolute atomic E-state index is 0.330. The molecule has 0 unspecified atom stereocenters. The lowest BCUT2D eigenvalue weighted by atomic mass is 9.83. The number of aliphatic hydroxyl groups is 1. The van der Waals surface area contributed by atoms with Crippen LogP contribution in [0.3, 0.4) is 0 Å². The molecule has 1 saturated heterocycles. The average molecular weight is 398 g/mol. The van der Waals surface area contributed by atoms with E-state index in [0.717, 1.165) is 16.7 Å². The number of rotatable bonds is 4. The standard InChI is InChI=1S/C24H31NO4/c1-18-10-11-20(21(16-18)28-17-19-8-6-5-7-9-19)24(27)12-14-25(15-13-24)22(26)29-23(2,3)4/h5-11,16,27H,12-15,17H2,1-4H3. The van der Waals surface area contributed by atoms with Crippen molar-refractivity contribution in [2.45, 2.75) is 58.3 Å². The number of piperidine rings is 1. The lowest BCUT2D eigenvalue weighted by Crippen LogP contribution is -2.46. The zero-order valence-corrected chi connectivity index (χ0v) is 17.8. The van der Waals surface area contributed by atoms with Gasteiger partial charge in [0.1, 0.15) is 18.0 Å². The van der Waals surface area contributed by atoms with Crippen LogP contribution in [-0.2, 0) is 16.9 Å². The van der Waals surface area contributed by atoms with Gasteiger partial charge >= 0.3 is 6.09 Å². The molecule has 1 heterocycles. The molecule has 29 heavy (non-hydrogen) atoms. The fourth-order valence-corrected chi connectivity index (χ4v) is 3.52. The molecule has 156 valence electrons. The molecule has 0 spiro atoms. The molecule has 0 aliphatic carbocycles. The van der Waals surface area contributed by atoms with E-state index in [9.17, 15) is 9.90 Å². The highest BCUT2D eigenvalue weighted by molar-refractivity contribution is 5.68. The van der Waals surface area contributed by atoms with E-state index in [1.54, 1.807) is 4.90 Å². The van der Waals surface area contributed by atoms with Gasteiger partial charge in [0.25, 0.3) is 0 Å². The second kappa shape index (κ2) is 8.46. The molecule has 1 aliphatic rings. The van der Waals surface area contributed by atoms with Gasteiger partial charge in [-0.3, -0.25) is 0 Å². The van der Waals surface area contributed by atoms with Crippen molar-refractivity contribution in [1.29, 1.82) is 0 Å². The smallest absolute Gasteiger partial charge is 0.410 e. The second-order valence-electron chi connectivity index (χ2n) is 8.77. The lowest BCUT2D eigenvalue weighted by molar-refractivity contribution is -0.0370. The van der Waals surface area contributed by atoms with Gasteiger partial charge in [-0.15, -0.1) is 0 Å². The van der Waals surface area contributed by atoms with Crippen LogP contribution >= 0.6 is 0 Å². The molecule has 1 fully saturated rings. The summed E-state index contributed by atoms with van der Waals surface area (Å²) in [5, 5.41) is 11.4. The summed E-state index contributed by atoms with van der Waals surface area (Å²) in [4.78, 5) is 14.0. The van der Waals surface area contributed by atoms with Gasteiger partial charge in [0.2, 0.25) is 0 Å². The Morgan fingerprint density at radius 2 is 1.76 bits per heavy atom. The number of likely N-dealkylation sites (tertiary alicyclic amines) is 1. The van der Waals surface area contributed by atoms with E-state index in [0.29, 0.717) is 38.3 Å². The third kappa shape index (κ3) is 5.51. The number of carbonyl (C=O) groups is 1. The number of benzene rings is 2. The van der Waals surface area contributed by atoms with Crippen LogP contribution in [0.1, 0.15) is 50.3 Å². The summed E-state index contributed by atoms with van der Waals surface area (Å²) in [5.74, 6) is 0.696. The quantitative estimate of drug-likeness (QED) is 0.806. The molecular formula is C24H31NO4. The predicted octanol–water partition coefficient (Wildman–Crippen LogP) is 4.79. The van der Waals surface area contributed by atoms with Crippen molar-refractivity contribution in [3.63, 3.8) is 0 Å². The molecule has 0 saturated carbocycles. The predicted molar refractivity (Wildman–Crippen MR) is 113 cm³/mol. The van der Waals surface area contributed by atoms with Crippen molar-refractivity contribution in [3.8, 4) is 5.75 Å². The minimum atomic E-state index is -1.03. The zero-order chi connectivity index (χ0) is 21.1. The molecule has 0 radical (unpaired) electrons. The molecule has 5 heteroatoms. The Kier molecular flexibility index (Phi) is 6.18. The summed E-state index contributed by atoms with van der Waals surface area (Å²) in [6.45, 7) is 8.90. The molecule has 1 amide bonds. The van der Waals surface area contributed by atoms with Crippen LogP contribution in [0.5, 0.6) is 5.75 Å². The van der Waals surface area contributed by atoms with Crippen molar-refractivity contribution in [2.24, 2.45) is 0 Å². The first kappa shape index (κ1) is 21.2. The van der Waals surface area contributed by atoms with Gasteiger partial charge in [0.05, 0.1) is 5.60 Å². The Bertz CT molecular complexity index is 834. The highest BCUT2D eigenvalue weighted by atomic mass is 16.6. The van der Waals surface area contributed by atoms with Crippen LogP contribution in [0.25, 0.3) is 0 Å². The van der Waals surface area contributed by atoms with E-state index < -0.39 is 11.2 Å². The number of carbonyl (C=O) groups excluding carboxylic acids is 1. The number of nitrogens with zero attached hydrogens (tertiary/aromatic N) is 1. The largest absolute Gasteiger partial charge is 0.489 e. The maximum atomic E-state index is 12.3. The third-order valence-corrected chi connectivity index (χ3v) is 5.12. The van der Waals surface area contributed by atoms with Gasteiger partial charge in [-0.1, -0.05) is 42.5 Å². The van der Waals surface area contributed by atoms with Crippen LogP contribution in [-0.4, -0.2) is 34.8 Å². The topological polar surface area (TPSA) is 59.0 Å². The zero-order valence-electron chi connectivity index (χ0n) is 17.8. The van der Waals surface area contributed by atoms with Crippen LogP contribution in [0.15, 0.2) is 48.5 Å². The highest BCUT2D eigenvalue weighted by Crippen LogP contribution is 2.39. The monoisotopic (exact) mass is 397 g/mol. The number of ether oxygens (including phenoxy) is 2. The fourth-order valence-electron chi connectivity index (χ4n) is 3.52. The summed E-state index contributed by atoms with van der Waals surface area (Å²) in [6, 6.07) is 15.9. The third-order valence-electron chi connectivity index (χ3n) is 5.12. The van der Waals surface area contributed by atoms with Crippen LogP contribution in [0.2, 0.25) is 0 Å². The van der Waals surface area contributed by atoms with Gasteiger partial charge in [-0.2, -0.15) is 0 Å². The Hall–Kier alpha value is -2.53. The fraction of sp³-hybridized carbons (Fsp3) is 0.458. The molecule has 2 aromatic carbocycles. The normalized spacial score (nSPS) is 16.4. The van der Waals surface area contributed by atoms with E-state index in [1.807, 2.05) is 76.2 Å². The Labute approximate surface area is 173 Å². The molecule has 1 aliphatic heterocycles. The van der Waals surface area contributed by atoms with Crippen molar-refractivity contribution >= 4 is 6.09 Å². The highest BCUT2D eigenvalue weighted by Gasteiger charge is 2.38. The molecule has 1 N–H and O–H groups in total. The van der Waals surface area contributed by atoms with E-state index in [2.05, 4.69) is 0 Å². The summed E-state index contributed by atoms with van der Waals surface area (Å²) in [7, 11) is 0. The first-order valence-corrected chi connectivity index (χ1v) is 10.1. The average Bonchev–Trinajstić information content (AvgIpc) is 2.66. The Morgan fingerprint density at radius 1 is 1.10 bits per heavy atom. The molecule has 0 atom stereocenters. The number of hydrogen-bond donors (Lipinski definition) is 1. The molecular weight excluding hydrogens is 366 g/mol. The SMILES string of the molecule is Cc1ccc(C2(O)CCN(C(=O)OC(C)(C)C)CC2)c(OCc2ccccc2)c1. The van der Waals surface area contributed by atoms with Crippen molar-refractivity contribution in [1.82, 2.24) is 4.90 Å². The number of aryl methyl sites for hydroxylation is 1. The lowest BCUT2D eigenvalue weighted by Gasteiger charge is -2.39. The summed E-state index contributed by atoms with van der Waals surface area (Å²) in [6.07, 6.45) is 0.553. The van der Waals surface area contributed by atoms with Gasteiger partial charge < -0.3 is 19.5 Å². The van der Waals surface area contributed by atoms with Gasteiger partial charge in [0, 0.05) is 18.7 Å². The summed E-state index contributed by atoms with van der Waals surface area (Å²) in [5.41, 5.74) is 1.37. The van der Waals surface area contributed by atoms with E-state index in [4.69, 9.17) is 9.47 Å². The van der Waals surface area contributed by atoms with Crippen molar-refractivity contribution in [2.75, 3.05) is 13.1 Å². The van der Waals surface area contributed by atoms with E-state index in [1.165, 1.54) is 0 Å². The maximum Gasteiger partial charge on any atom is 0.410 e. The first-order valence-electron chi connectivity index (χ1n) is 10.1. The van der Waals surface area contributed by atoms with Gasteiger partial charge in [-0.25, -0.2) is 4.79 Å². The van der Waals surface area contributed by atoms with Gasteiger partial charge in [-0.05, 0) is 57.7 Å². The minimum Gasteiger partial charge on any atom is -0.489 e. The number of amides is 1. The van der Waals surface area contributed by atoms with Crippen LogP contribution < -0.4 is 4.74 Å². The summed E-state index contributed by atoms with van der Waals surface area (Å²) >= 11 is 0.